The molecule has 0 aromatic rings. The van der Waals surface area contributed by atoms with E-state index in [1.165, 1.54) is 70.6 Å². The summed E-state index contributed by atoms with van der Waals surface area (Å²) in [5, 5.41) is 3.67. The van der Waals surface area contributed by atoms with Crippen LogP contribution in [0.4, 0.5) is 0 Å². The summed E-state index contributed by atoms with van der Waals surface area (Å²) >= 11 is 0. The number of hydrogen-bond donors (Lipinski definition) is 1. The Labute approximate surface area is 109 Å². The van der Waals surface area contributed by atoms with Crippen LogP contribution in [0.3, 0.4) is 0 Å². The molecule has 1 aliphatic rings. The second-order valence-electron chi connectivity index (χ2n) is 5.84. The quantitative estimate of drug-likeness (QED) is 0.469. The Bertz CT molecular complexity index is 167. The van der Waals surface area contributed by atoms with E-state index < -0.39 is 0 Å². The van der Waals surface area contributed by atoms with Crippen LogP contribution < -0.4 is 5.32 Å². The third-order valence-electron chi connectivity index (χ3n) is 4.24. The molecule has 1 heteroatoms. The second kappa shape index (κ2) is 9.94. The van der Waals surface area contributed by atoms with Crippen molar-refractivity contribution in [2.45, 2.75) is 90.5 Å². The lowest BCUT2D eigenvalue weighted by molar-refractivity contribution is 0.360. The van der Waals surface area contributed by atoms with Crippen LogP contribution in [0.15, 0.2) is 0 Å². The Morgan fingerprint density at radius 1 is 0.941 bits per heavy atom. The lowest BCUT2D eigenvalue weighted by Crippen LogP contribution is -2.29. The minimum atomic E-state index is 0.822. The van der Waals surface area contributed by atoms with Crippen molar-refractivity contribution < 1.29 is 0 Å². The lowest BCUT2D eigenvalue weighted by Gasteiger charge is -2.20. The molecule has 102 valence electrons. The van der Waals surface area contributed by atoms with Crippen molar-refractivity contribution in [3.05, 3.63) is 0 Å². The van der Waals surface area contributed by atoms with E-state index in [1.807, 2.05) is 0 Å². The van der Waals surface area contributed by atoms with Crippen molar-refractivity contribution in [2.75, 3.05) is 6.54 Å². The van der Waals surface area contributed by atoms with Crippen LogP contribution in [0, 0.1) is 5.92 Å². The van der Waals surface area contributed by atoms with Crippen molar-refractivity contribution in [2.24, 2.45) is 5.92 Å². The fourth-order valence-corrected chi connectivity index (χ4v) is 3.23. The second-order valence-corrected chi connectivity index (χ2v) is 5.84. The van der Waals surface area contributed by atoms with Gasteiger partial charge in [0.2, 0.25) is 0 Å². The molecule has 17 heavy (non-hydrogen) atoms. The molecule has 1 fully saturated rings. The first-order chi connectivity index (χ1) is 8.36. The van der Waals surface area contributed by atoms with E-state index in [1.54, 1.807) is 0 Å². The van der Waals surface area contributed by atoms with Gasteiger partial charge >= 0.3 is 0 Å². The molecule has 1 aliphatic carbocycles. The SMILES string of the molecule is CCCCCCCC1CCCCC(NCC)C1. The van der Waals surface area contributed by atoms with Gasteiger partial charge in [-0.3, -0.25) is 0 Å². The summed E-state index contributed by atoms with van der Waals surface area (Å²) in [5.74, 6) is 1.02. The highest BCUT2D eigenvalue weighted by Crippen LogP contribution is 2.27. The van der Waals surface area contributed by atoms with Crippen LogP contribution in [0.5, 0.6) is 0 Å². The Morgan fingerprint density at radius 3 is 2.47 bits per heavy atom. The smallest absolute Gasteiger partial charge is 0.00695 e. The molecule has 0 spiro atoms. The third kappa shape index (κ3) is 7.08. The van der Waals surface area contributed by atoms with Crippen molar-refractivity contribution >= 4 is 0 Å². The first-order valence-corrected chi connectivity index (χ1v) is 8.10. The summed E-state index contributed by atoms with van der Waals surface area (Å²) in [4.78, 5) is 0. The highest BCUT2D eigenvalue weighted by atomic mass is 14.9. The molecule has 1 saturated carbocycles. The highest BCUT2D eigenvalue weighted by Gasteiger charge is 2.18. The predicted molar refractivity (Wildman–Crippen MR) is 77.4 cm³/mol. The number of unbranched alkanes of at least 4 members (excludes halogenated alkanes) is 4. The molecule has 2 unspecified atom stereocenters. The molecule has 0 bridgehead atoms. The summed E-state index contributed by atoms with van der Waals surface area (Å²) in [6.45, 7) is 5.69. The fraction of sp³-hybridized carbons (Fsp3) is 1.00. The normalized spacial score (nSPS) is 25.8. The van der Waals surface area contributed by atoms with Gasteiger partial charge in [0.15, 0.2) is 0 Å². The summed E-state index contributed by atoms with van der Waals surface area (Å²) < 4.78 is 0. The fourth-order valence-electron chi connectivity index (χ4n) is 3.23. The first-order valence-electron chi connectivity index (χ1n) is 8.10. The summed E-state index contributed by atoms with van der Waals surface area (Å²) in [6.07, 6.45) is 16.0. The molecule has 0 aromatic heterocycles. The number of hydrogen-bond acceptors (Lipinski definition) is 1. The first kappa shape index (κ1) is 15.0. The van der Waals surface area contributed by atoms with Crippen LogP contribution in [0.2, 0.25) is 0 Å². The van der Waals surface area contributed by atoms with Gasteiger partial charge in [-0.05, 0) is 25.3 Å². The largest absolute Gasteiger partial charge is 0.314 e. The average molecular weight is 239 g/mol. The Balaban J connectivity index is 2.12. The predicted octanol–water partition coefficient (Wildman–Crippen LogP) is 4.91. The molecule has 1 rings (SSSR count). The molecule has 2 atom stereocenters. The minimum absolute atomic E-state index is 0.822. The topological polar surface area (TPSA) is 12.0 Å². The van der Waals surface area contributed by atoms with E-state index in [9.17, 15) is 0 Å². The Hall–Kier alpha value is -0.0400. The van der Waals surface area contributed by atoms with Gasteiger partial charge in [-0.1, -0.05) is 71.6 Å². The third-order valence-corrected chi connectivity index (χ3v) is 4.24. The zero-order valence-electron chi connectivity index (χ0n) is 12.1. The van der Waals surface area contributed by atoms with Crippen molar-refractivity contribution in [1.82, 2.24) is 5.32 Å². The van der Waals surface area contributed by atoms with Crippen molar-refractivity contribution in [1.29, 1.82) is 0 Å². The minimum Gasteiger partial charge on any atom is -0.314 e. The van der Waals surface area contributed by atoms with E-state index in [2.05, 4.69) is 19.2 Å². The summed E-state index contributed by atoms with van der Waals surface area (Å²) in [7, 11) is 0. The van der Waals surface area contributed by atoms with Crippen LogP contribution in [-0.2, 0) is 0 Å². The molecule has 0 radical (unpaired) electrons. The van der Waals surface area contributed by atoms with Crippen LogP contribution in [-0.4, -0.2) is 12.6 Å². The molecule has 0 saturated heterocycles. The molecule has 0 heterocycles. The van der Waals surface area contributed by atoms with Gasteiger partial charge in [0.25, 0.3) is 0 Å². The maximum absolute atomic E-state index is 3.67. The van der Waals surface area contributed by atoms with Gasteiger partial charge in [0.1, 0.15) is 0 Å². The van der Waals surface area contributed by atoms with Gasteiger partial charge in [0, 0.05) is 6.04 Å². The lowest BCUT2D eigenvalue weighted by atomic mass is 9.92. The maximum Gasteiger partial charge on any atom is 0.00695 e. The average Bonchev–Trinajstić information content (AvgIpc) is 2.55. The van der Waals surface area contributed by atoms with E-state index >= 15 is 0 Å². The zero-order chi connectivity index (χ0) is 12.3. The zero-order valence-corrected chi connectivity index (χ0v) is 12.1. The molecule has 1 N–H and O–H groups in total. The van der Waals surface area contributed by atoms with Crippen molar-refractivity contribution in [3.63, 3.8) is 0 Å². The monoisotopic (exact) mass is 239 g/mol. The molecule has 1 nitrogen and oxygen atoms in total. The van der Waals surface area contributed by atoms with Gasteiger partial charge in [0.05, 0.1) is 0 Å². The molecule has 0 aromatic carbocycles. The molecular weight excluding hydrogens is 206 g/mol. The summed E-state index contributed by atoms with van der Waals surface area (Å²) in [6, 6.07) is 0.822. The highest BCUT2D eigenvalue weighted by molar-refractivity contribution is 4.75. The van der Waals surface area contributed by atoms with Crippen LogP contribution in [0.1, 0.15) is 84.5 Å². The molecule has 0 amide bonds. The van der Waals surface area contributed by atoms with Gasteiger partial charge in [-0.2, -0.15) is 0 Å². The standard InChI is InChI=1S/C16H33N/c1-3-5-6-7-8-11-15-12-9-10-13-16(14-15)17-4-2/h15-17H,3-14H2,1-2H3. The molecule has 0 aliphatic heterocycles. The number of rotatable bonds is 8. The van der Waals surface area contributed by atoms with Crippen LogP contribution >= 0.6 is 0 Å². The van der Waals surface area contributed by atoms with Crippen LogP contribution in [0.25, 0.3) is 0 Å². The van der Waals surface area contributed by atoms with E-state index in [0.717, 1.165) is 18.5 Å². The van der Waals surface area contributed by atoms with E-state index in [-0.39, 0.29) is 0 Å². The van der Waals surface area contributed by atoms with Crippen molar-refractivity contribution in [3.8, 4) is 0 Å². The van der Waals surface area contributed by atoms with Gasteiger partial charge in [-0.25, -0.2) is 0 Å². The summed E-state index contributed by atoms with van der Waals surface area (Å²) in [5.41, 5.74) is 0. The van der Waals surface area contributed by atoms with E-state index in [0.29, 0.717) is 0 Å². The maximum atomic E-state index is 3.67. The Morgan fingerprint density at radius 2 is 1.71 bits per heavy atom. The van der Waals surface area contributed by atoms with Gasteiger partial charge < -0.3 is 5.32 Å². The molecular formula is C16H33N. The van der Waals surface area contributed by atoms with E-state index in [4.69, 9.17) is 0 Å². The Kier molecular flexibility index (Phi) is 8.78. The number of nitrogens with one attached hydrogen (secondary N) is 1. The van der Waals surface area contributed by atoms with Gasteiger partial charge in [-0.15, -0.1) is 0 Å².